The monoisotopic (exact) mass is 316 g/mol. The first-order valence-electron chi connectivity index (χ1n) is 7.16. The Hall–Kier alpha value is -1.14. The lowest BCUT2D eigenvalue weighted by Gasteiger charge is -2.21. The Kier molecular flexibility index (Phi) is 6.61. The average molecular weight is 316 g/mol. The summed E-state index contributed by atoms with van der Waals surface area (Å²) >= 11 is 0. The molecule has 0 fully saturated rings. The zero-order valence-electron chi connectivity index (χ0n) is 13.2. The summed E-state index contributed by atoms with van der Waals surface area (Å²) in [5, 5.41) is 3.31. The largest absolute Gasteiger partial charge is 0.371 e. The second kappa shape index (κ2) is 7.75. The number of halogens is 1. The van der Waals surface area contributed by atoms with Gasteiger partial charge >= 0.3 is 0 Å². The maximum atomic E-state index is 14.2. The molecule has 120 valence electrons. The van der Waals surface area contributed by atoms with E-state index in [1.807, 2.05) is 13.0 Å². The maximum Gasteiger partial charge on any atom is 0.149 e. The van der Waals surface area contributed by atoms with Crippen molar-refractivity contribution in [1.29, 1.82) is 0 Å². The molecule has 1 N–H and O–H groups in total. The Balaban J connectivity index is 2.77. The fourth-order valence-corrected chi connectivity index (χ4v) is 2.61. The molecule has 0 spiro atoms. The Morgan fingerprint density at radius 1 is 1.38 bits per heavy atom. The van der Waals surface area contributed by atoms with E-state index in [-0.39, 0.29) is 24.2 Å². The number of hydrogen-bond donors (Lipinski definition) is 1. The average Bonchev–Trinajstić information content (AvgIpc) is 2.41. The fourth-order valence-electron chi connectivity index (χ4n) is 2.00. The molecule has 0 aliphatic carbocycles. The SMILES string of the molecule is CCCNC(C)c1ccc(N(C)CCS(C)(=O)=O)c(F)c1. The zero-order valence-corrected chi connectivity index (χ0v) is 14.0. The molecule has 4 nitrogen and oxygen atoms in total. The molecule has 21 heavy (non-hydrogen) atoms. The standard InChI is InChI=1S/C15H25FN2O2S/c1-5-8-17-12(2)13-6-7-15(14(16)11-13)18(3)9-10-21(4,19)20/h6-7,11-12,17H,5,8-10H2,1-4H3. The highest BCUT2D eigenvalue weighted by atomic mass is 32.2. The summed E-state index contributed by atoms with van der Waals surface area (Å²) in [6, 6.07) is 5.19. The van der Waals surface area contributed by atoms with Crippen molar-refractivity contribution < 1.29 is 12.8 Å². The van der Waals surface area contributed by atoms with Crippen molar-refractivity contribution in [3.63, 3.8) is 0 Å². The second-order valence-corrected chi connectivity index (χ2v) is 7.70. The number of benzene rings is 1. The van der Waals surface area contributed by atoms with Crippen molar-refractivity contribution in [1.82, 2.24) is 5.32 Å². The summed E-state index contributed by atoms with van der Waals surface area (Å²) in [4.78, 5) is 1.63. The molecule has 0 radical (unpaired) electrons. The fraction of sp³-hybridized carbons (Fsp3) is 0.600. The van der Waals surface area contributed by atoms with E-state index in [4.69, 9.17) is 0 Å². The van der Waals surface area contributed by atoms with Gasteiger partial charge in [0.25, 0.3) is 0 Å². The summed E-state index contributed by atoms with van der Waals surface area (Å²) in [5.74, 6) is -0.312. The van der Waals surface area contributed by atoms with Crippen LogP contribution in [0.4, 0.5) is 10.1 Å². The minimum Gasteiger partial charge on any atom is -0.371 e. The predicted octanol–water partition coefficient (Wildman–Crippen LogP) is 2.37. The van der Waals surface area contributed by atoms with Gasteiger partial charge in [0.15, 0.2) is 0 Å². The van der Waals surface area contributed by atoms with Gasteiger partial charge in [0.05, 0.1) is 11.4 Å². The van der Waals surface area contributed by atoms with Gasteiger partial charge in [-0.1, -0.05) is 13.0 Å². The van der Waals surface area contributed by atoms with Crippen LogP contribution in [0.3, 0.4) is 0 Å². The molecule has 1 unspecified atom stereocenters. The minimum absolute atomic E-state index is 0.0130. The second-order valence-electron chi connectivity index (χ2n) is 5.44. The van der Waals surface area contributed by atoms with E-state index in [0.29, 0.717) is 5.69 Å². The number of nitrogens with zero attached hydrogens (tertiary/aromatic N) is 1. The zero-order chi connectivity index (χ0) is 16.0. The molecular weight excluding hydrogens is 291 g/mol. The van der Waals surface area contributed by atoms with E-state index in [1.54, 1.807) is 18.0 Å². The molecule has 1 rings (SSSR count). The molecule has 0 aliphatic heterocycles. The van der Waals surface area contributed by atoms with E-state index in [0.717, 1.165) is 18.5 Å². The van der Waals surface area contributed by atoms with Crippen molar-refractivity contribution in [3.05, 3.63) is 29.6 Å². The highest BCUT2D eigenvalue weighted by molar-refractivity contribution is 7.90. The Labute approximate surface area is 127 Å². The van der Waals surface area contributed by atoms with Crippen LogP contribution in [-0.2, 0) is 9.84 Å². The first-order valence-corrected chi connectivity index (χ1v) is 9.22. The van der Waals surface area contributed by atoms with E-state index in [9.17, 15) is 12.8 Å². The number of anilines is 1. The number of hydrogen-bond acceptors (Lipinski definition) is 4. The summed E-state index contributed by atoms with van der Waals surface area (Å²) in [5.41, 5.74) is 1.31. The van der Waals surface area contributed by atoms with Crippen molar-refractivity contribution in [2.75, 3.05) is 37.0 Å². The summed E-state index contributed by atoms with van der Waals surface area (Å²) < 4.78 is 36.5. The van der Waals surface area contributed by atoms with E-state index < -0.39 is 9.84 Å². The number of nitrogens with one attached hydrogen (secondary N) is 1. The van der Waals surface area contributed by atoms with Crippen molar-refractivity contribution >= 4 is 15.5 Å². The Bertz CT molecular complexity index is 561. The quantitative estimate of drug-likeness (QED) is 0.800. The molecule has 1 aromatic carbocycles. The van der Waals surface area contributed by atoms with Crippen LogP contribution in [0.25, 0.3) is 0 Å². The van der Waals surface area contributed by atoms with Crippen molar-refractivity contribution in [2.24, 2.45) is 0 Å². The van der Waals surface area contributed by atoms with Gasteiger partial charge in [0, 0.05) is 25.9 Å². The van der Waals surface area contributed by atoms with Crippen molar-refractivity contribution in [3.8, 4) is 0 Å². The maximum absolute atomic E-state index is 14.2. The highest BCUT2D eigenvalue weighted by Crippen LogP contribution is 2.22. The summed E-state index contributed by atoms with van der Waals surface area (Å²) in [6.45, 7) is 5.25. The van der Waals surface area contributed by atoms with Crippen LogP contribution in [0.2, 0.25) is 0 Å². The van der Waals surface area contributed by atoms with E-state index >= 15 is 0 Å². The summed E-state index contributed by atoms with van der Waals surface area (Å²) in [6.07, 6.45) is 2.21. The summed E-state index contributed by atoms with van der Waals surface area (Å²) in [7, 11) is -1.35. The van der Waals surface area contributed by atoms with Crippen LogP contribution in [0.5, 0.6) is 0 Å². The molecule has 0 amide bonds. The molecule has 0 heterocycles. The van der Waals surface area contributed by atoms with Gasteiger partial charge in [-0.05, 0) is 37.6 Å². The Morgan fingerprint density at radius 2 is 2.05 bits per heavy atom. The van der Waals surface area contributed by atoms with Crippen LogP contribution >= 0.6 is 0 Å². The predicted molar refractivity (Wildman–Crippen MR) is 86.1 cm³/mol. The topological polar surface area (TPSA) is 49.4 Å². The minimum atomic E-state index is -3.05. The third-order valence-electron chi connectivity index (χ3n) is 3.38. The van der Waals surface area contributed by atoms with Gasteiger partial charge < -0.3 is 10.2 Å². The lowest BCUT2D eigenvalue weighted by molar-refractivity contribution is 0.561. The van der Waals surface area contributed by atoms with Crippen LogP contribution in [0, 0.1) is 5.82 Å². The van der Waals surface area contributed by atoms with Gasteiger partial charge in [-0.3, -0.25) is 0 Å². The first kappa shape index (κ1) is 17.9. The molecule has 1 atom stereocenters. The van der Waals surface area contributed by atoms with Crippen LogP contribution in [0.1, 0.15) is 31.9 Å². The molecule has 0 saturated carbocycles. The molecule has 6 heteroatoms. The van der Waals surface area contributed by atoms with Crippen molar-refractivity contribution in [2.45, 2.75) is 26.3 Å². The highest BCUT2D eigenvalue weighted by Gasteiger charge is 2.13. The molecule has 0 saturated heterocycles. The van der Waals surface area contributed by atoms with E-state index in [2.05, 4.69) is 12.2 Å². The first-order chi connectivity index (χ1) is 9.74. The number of sulfone groups is 1. The smallest absolute Gasteiger partial charge is 0.149 e. The number of rotatable bonds is 8. The van der Waals surface area contributed by atoms with Gasteiger partial charge in [-0.2, -0.15) is 0 Å². The molecule has 0 bridgehead atoms. The lowest BCUT2D eigenvalue weighted by atomic mass is 10.1. The third kappa shape index (κ3) is 6.01. The van der Waals surface area contributed by atoms with Gasteiger partial charge in [0.1, 0.15) is 15.7 Å². The third-order valence-corrected chi connectivity index (χ3v) is 4.31. The Morgan fingerprint density at radius 3 is 2.57 bits per heavy atom. The van der Waals surface area contributed by atoms with Crippen LogP contribution in [0.15, 0.2) is 18.2 Å². The van der Waals surface area contributed by atoms with Gasteiger partial charge in [-0.25, -0.2) is 12.8 Å². The van der Waals surface area contributed by atoms with Crippen LogP contribution in [-0.4, -0.2) is 40.6 Å². The van der Waals surface area contributed by atoms with E-state index in [1.165, 1.54) is 12.3 Å². The normalized spacial score (nSPS) is 13.2. The van der Waals surface area contributed by atoms with Gasteiger partial charge in [0.2, 0.25) is 0 Å². The molecule has 0 aromatic heterocycles. The van der Waals surface area contributed by atoms with Gasteiger partial charge in [-0.15, -0.1) is 0 Å². The molecule has 1 aromatic rings. The molecular formula is C15H25FN2O2S. The lowest BCUT2D eigenvalue weighted by Crippen LogP contribution is -2.26. The van der Waals surface area contributed by atoms with Crippen LogP contribution < -0.4 is 10.2 Å². The molecule has 0 aliphatic rings.